The van der Waals surface area contributed by atoms with E-state index in [0.29, 0.717) is 209 Å². The van der Waals surface area contributed by atoms with Crippen LogP contribution in [0, 0.1) is 0 Å². The Balaban J connectivity index is 0. The van der Waals surface area contributed by atoms with Crippen molar-refractivity contribution in [1.82, 2.24) is 0 Å². The zero-order valence-corrected chi connectivity index (χ0v) is 44.8. The Morgan fingerprint density at radius 3 is 0.710 bits per heavy atom. The largest absolute Gasteiger partial charge is 1.00 e. The third-order valence-electron chi connectivity index (χ3n) is 7.41. The van der Waals surface area contributed by atoms with Crippen molar-refractivity contribution < 1.29 is 195 Å². The average molecular weight is 987 g/mol. The average Bonchev–Trinajstić information content (AvgIpc) is 3.21. The van der Waals surface area contributed by atoms with Crippen LogP contribution in [-0.4, -0.2) is 209 Å². The van der Waals surface area contributed by atoms with Crippen molar-refractivity contribution in [2.75, 3.05) is 183 Å². The van der Waals surface area contributed by atoms with Crippen molar-refractivity contribution in [2.45, 2.75) is 25.7 Å². The first kappa shape index (κ1) is 65.5. The summed E-state index contributed by atoms with van der Waals surface area (Å²) in [7, 11) is -8.31. The molecule has 0 saturated heterocycles. The number of hydrogen-bond donors (Lipinski definition) is 0. The number of unbranched alkanes of at least 4 members (excludes halogenated alkanes) is 2. The third kappa shape index (κ3) is 50.8. The first-order valence-corrected chi connectivity index (χ1v) is 23.5. The van der Waals surface area contributed by atoms with Crippen LogP contribution in [0.5, 0.6) is 11.5 Å². The molecule has 0 bridgehead atoms. The van der Waals surface area contributed by atoms with Gasteiger partial charge in [0.2, 0.25) is 0 Å². The molecule has 0 aliphatic carbocycles. The van der Waals surface area contributed by atoms with Crippen molar-refractivity contribution in [3.8, 4) is 11.5 Å². The molecule has 0 N–H and O–H groups in total. The Morgan fingerprint density at radius 2 is 0.500 bits per heavy atom. The molecule has 62 heavy (non-hydrogen) atoms. The van der Waals surface area contributed by atoms with Crippen LogP contribution in [-0.2, 0) is 77.1 Å². The summed E-state index contributed by atoms with van der Waals surface area (Å²) < 4.78 is 140. The molecule has 1 aromatic carbocycles. The molecule has 0 amide bonds. The van der Waals surface area contributed by atoms with Crippen molar-refractivity contribution in [3.05, 3.63) is 24.3 Å². The van der Waals surface area contributed by atoms with E-state index in [1.54, 1.807) is 0 Å². The molecular formula is C38H68K2O20S2. The summed E-state index contributed by atoms with van der Waals surface area (Å²) in [5.41, 5.74) is 0. The minimum absolute atomic E-state index is 0. The van der Waals surface area contributed by atoms with Crippen LogP contribution < -0.4 is 112 Å². The molecule has 0 radical (unpaired) electrons. The number of ether oxygens (including phenoxy) is 14. The van der Waals surface area contributed by atoms with Gasteiger partial charge in [0, 0.05) is 24.7 Å². The summed E-state index contributed by atoms with van der Waals surface area (Å²) in [6, 6.07) is 7.41. The van der Waals surface area contributed by atoms with E-state index in [2.05, 4.69) is 0 Å². The van der Waals surface area contributed by atoms with E-state index in [1.165, 1.54) is 0 Å². The fraction of sp³-hybridized carbons (Fsp3) is 0.842. The van der Waals surface area contributed by atoms with Crippen LogP contribution in [0.1, 0.15) is 25.7 Å². The van der Waals surface area contributed by atoms with E-state index in [9.17, 15) is 25.9 Å². The van der Waals surface area contributed by atoms with Gasteiger partial charge in [-0.15, -0.1) is 0 Å². The molecule has 1 rings (SSSR count). The predicted molar refractivity (Wildman–Crippen MR) is 215 cm³/mol. The zero-order chi connectivity index (χ0) is 43.5. The molecule has 24 heteroatoms. The maximum Gasteiger partial charge on any atom is 1.00 e. The second kappa shape index (κ2) is 48.9. The smallest absolute Gasteiger partial charge is 0.748 e. The van der Waals surface area contributed by atoms with Crippen LogP contribution in [0.4, 0.5) is 0 Å². The summed E-state index contributed by atoms with van der Waals surface area (Å²) in [4.78, 5) is 0. The minimum Gasteiger partial charge on any atom is -0.748 e. The summed E-state index contributed by atoms with van der Waals surface area (Å²) >= 11 is 0. The molecule has 0 unspecified atom stereocenters. The van der Waals surface area contributed by atoms with E-state index in [0.717, 1.165) is 0 Å². The Bertz CT molecular complexity index is 1210. The topological polar surface area (TPSA) is 244 Å². The van der Waals surface area contributed by atoms with Crippen molar-refractivity contribution in [1.29, 1.82) is 0 Å². The minimum atomic E-state index is -4.15. The van der Waals surface area contributed by atoms with E-state index in [1.807, 2.05) is 24.3 Å². The molecule has 0 atom stereocenters. The van der Waals surface area contributed by atoms with Gasteiger partial charge in [0.05, 0.1) is 166 Å². The number of rotatable bonds is 48. The normalized spacial score (nSPS) is 11.6. The first-order valence-electron chi connectivity index (χ1n) is 20.3. The van der Waals surface area contributed by atoms with Gasteiger partial charge in [-0.2, -0.15) is 0 Å². The van der Waals surface area contributed by atoms with E-state index in [-0.39, 0.29) is 114 Å². The van der Waals surface area contributed by atoms with Crippen molar-refractivity contribution >= 4 is 20.2 Å². The number of para-hydroxylation sites is 2. The molecule has 0 aliphatic rings. The molecule has 0 heterocycles. The van der Waals surface area contributed by atoms with Gasteiger partial charge < -0.3 is 75.4 Å². The monoisotopic (exact) mass is 986 g/mol. The number of benzene rings is 1. The fourth-order valence-electron chi connectivity index (χ4n) is 4.48. The SMILES string of the molecule is O=S(=O)([O-])CCCCOCCOCCOCCOCCOCCOCCOc1ccccc1OCCOCCOCCOCCOCCOCCOCCCCS(=O)(=O)[O-].[K+].[K+]. The molecule has 0 fully saturated rings. The van der Waals surface area contributed by atoms with Gasteiger partial charge in [-0.25, -0.2) is 16.8 Å². The first-order chi connectivity index (χ1) is 29.2. The van der Waals surface area contributed by atoms with Gasteiger partial charge in [-0.05, 0) is 37.8 Å². The Hall–Kier alpha value is 1.43. The summed E-state index contributed by atoms with van der Waals surface area (Å²) in [5, 5.41) is 0. The van der Waals surface area contributed by atoms with E-state index >= 15 is 0 Å². The molecule has 1 aromatic rings. The Morgan fingerprint density at radius 1 is 0.306 bits per heavy atom. The van der Waals surface area contributed by atoms with E-state index < -0.39 is 20.2 Å². The molecular weight excluding hydrogens is 919 g/mol. The predicted octanol–water partition coefficient (Wildman–Crippen LogP) is -4.70. The zero-order valence-electron chi connectivity index (χ0n) is 36.9. The molecule has 0 aliphatic heterocycles. The number of hydrogen-bond acceptors (Lipinski definition) is 20. The second-order valence-electron chi connectivity index (χ2n) is 12.4. The second-order valence-corrected chi connectivity index (χ2v) is 15.5. The van der Waals surface area contributed by atoms with Crippen molar-refractivity contribution in [3.63, 3.8) is 0 Å². The van der Waals surface area contributed by atoms with Gasteiger partial charge in [-0.1, -0.05) is 12.1 Å². The van der Waals surface area contributed by atoms with Crippen LogP contribution >= 0.6 is 0 Å². The fourth-order valence-corrected chi connectivity index (χ4v) is 5.59. The quantitative estimate of drug-likeness (QED) is 0.0338. The van der Waals surface area contributed by atoms with Crippen LogP contribution in [0.2, 0.25) is 0 Å². The third-order valence-corrected chi connectivity index (χ3v) is 8.98. The van der Waals surface area contributed by atoms with E-state index in [4.69, 9.17) is 66.3 Å². The van der Waals surface area contributed by atoms with Crippen LogP contribution in [0.15, 0.2) is 24.3 Å². The Kier molecular flexibility index (Phi) is 51.6. The molecule has 0 aromatic heterocycles. The van der Waals surface area contributed by atoms with Gasteiger partial charge in [-0.3, -0.25) is 0 Å². The molecule has 20 nitrogen and oxygen atoms in total. The summed E-state index contributed by atoms with van der Waals surface area (Å²) in [5.74, 6) is 0.511. The molecule has 354 valence electrons. The molecule has 0 spiro atoms. The van der Waals surface area contributed by atoms with Gasteiger partial charge in [0.1, 0.15) is 13.2 Å². The summed E-state index contributed by atoms with van der Waals surface area (Å²) in [6.07, 6.45) is 1.62. The van der Waals surface area contributed by atoms with Gasteiger partial charge >= 0.3 is 103 Å². The van der Waals surface area contributed by atoms with Crippen molar-refractivity contribution in [2.24, 2.45) is 0 Å². The maximum atomic E-state index is 10.5. The standard InChI is InChI=1S/C38H70O20S2.2K/c39-59(40,41)35-5-3-9-45-11-13-47-15-17-49-19-21-51-23-25-53-27-29-55-31-33-57-37-7-1-2-8-38(37)58-34-32-56-30-28-54-26-24-52-22-20-50-18-16-48-14-12-46-10-4-6-36-60(42,43)44;;/h1-2,7-8H,3-6,9-36H2,(H,39,40,41)(H,42,43,44);;/q;2*+1/p-2. The summed E-state index contributed by atoms with van der Waals surface area (Å²) in [6.45, 7) is 10.8. The molecule has 0 saturated carbocycles. The van der Waals surface area contributed by atoms with Gasteiger partial charge in [0.15, 0.2) is 11.5 Å². The maximum absolute atomic E-state index is 10.5. The van der Waals surface area contributed by atoms with Crippen LogP contribution in [0.25, 0.3) is 0 Å². The van der Waals surface area contributed by atoms with Crippen LogP contribution in [0.3, 0.4) is 0 Å². The Labute approximate surface area is 454 Å². The van der Waals surface area contributed by atoms with Gasteiger partial charge in [0.25, 0.3) is 0 Å².